The third-order valence-electron chi connectivity index (χ3n) is 9.40. The van der Waals surface area contributed by atoms with Gasteiger partial charge in [0.1, 0.15) is 0 Å². The first-order chi connectivity index (χ1) is 19.3. The molecule has 0 aromatic rings. The summed E-state index contributed by atoms with van der Waals surface area (Å²) in [6, 6.07) is 0. The largest absolute Gasteiger partial charge is 0.0654 e. The van der Waals surface area contributed by atoms with Crippen LogP contribution in [0.5, 0.6) is 0 Å². The maximum absolute atomic E-state index is 2.36. The van der Waals surface area contributed by atoms with Crippen molar-refractivity contribution in [1.82, 2.24) is 0 Å². The summed E-state index contributed by atoms with van der Waals surface area (Å²) in [5, 5.41) is 0. The fourth-order valence-electron chi connectivity index (χ4n) is 6.55. The molecule has 0 amide bonds. The first kappa shape index (κ1) is 39.0. The molecule has 0 aliphatic carbocycles. The molecule has 0 saturated carbocycles. The van der Waals surface area contributed by atoms with Crippen LogP contribution in [0, 0.1) is 5.92 Å². The molecule has 0 rings (SSSR count). The number of hydrogen-bond donors (Lipinski definition) is 0. The third-order valence-corrected chi connectivity index (χ3v) is 9.40. The summed E-state index contributed by atoms with van der Waals surface area (Å²) in [5.74, 6) is 1.04. The first-order valence-electron chi connectivity index (χ1n) is 19.3. The van der Waals surface area contributed by atoms with E-state index in [-0.39, 0.29) is 0 Å². The van der Waals surface area contributed by atoms with Crippen molar-refractivity contribution in [2.45, 2.75) is 245 Å². The van der Waals surface area contributed by atoms with Crippen LogP contribution in [0.15, 0.2) is 0 Å². The van der Waals surface area contributed by atoms with Crippen molar-refractivity contribution in [3.8, 4) is 0 Å². The molecule has 0 aromatic heterocycles. The first-order valence-corrected chi connectivity index (χ1v) is 19.3. The zero-order valence-corrected chi connectivity index (χ0v) is 28.3. The van der Waals surface area contributed by atoms with E-state index in [0.29, 0.717) is 0 Å². The minimum absolute atomic E-state index is 1.04. The molecule has 0 bridgehead atoms. The van der Waals surface area contributed by atoms with Crippen LogP contribution >= 0.6 is 0 Å². The van der Waals surface area contributed by atoms with Gasteiger partial charge in [-0.1, -0.05) is 245 Å². The second-order valence-corrected chi connectivity index (χ2v) is 13.5. The second kappa shape index (κ2) is 36.0. The van der Waals surface area contributed by atoms with Crippen molar-refractivity contribution in [3.05, 3.63) is 0 Å². The smallest absolute Gasteiger partial charge is 0.0414 e. The van der Waals surface area contributed by atoms with Crippen LogP contribution < -0.4 is 0 Å². The summed E-state index contributed by atoms with van der Waals surface area (Å²) < 4.78 is 0. The quantitative estimate of drug-likeness (QED) is 0.0691. The summed E-state index contributed by atoms with van der Waals surface area (Å²) in [7, 11) is 0. The van der Waals surface area contributed by atoms with Crippen LogP contribution in [-0.2, 0) is 0 Å². The van der Waals surface area contributed by atoms with Crippen molar-refractivity contribution in [3.63, 3.8) is 0 Å². The van der Waals surface area contributed by atoms with Crippen LogP contribution in [0.1, 0.15) is 245 Å². The summed E-state index contributed by atoms with van der Waals surface area (Å²) >= 11 is 0. The van der Waals surface area contributed by atoms with Crippen molar-refractivity contribution in [2.24, 2.45) is 5.92 Å². The summed E-state index contributed by atoms with van der Waals surface area (Å²) in [6.45, 7) is 6.98. The van der Waals surface area contributed by atoms with Gasteiger partial charge >= 0.3 is 0 Å². The Balaban J connectivity index is 3.54. The van der Waals surface area contributed by atoms with Crippen LogP contribution in [0.2, 0.25) is 0 Å². The van der Waals surface area contributed by atoms with Crippen molar-refractivity contribution in [1.29, 1.82) is 0 Å². The Morgan fingerprint density at radius 3 is 0.590 bits per heavy atom. The average Bonchev–Trinajstić information content (AvgIpc) is 2.95. The molecule has 1 atom stereocenters. The molecule has 0 radical (unpaired) electrons. The van der Waals surface area contributed by atoms with Crippen LogP contribution in [0.25, 0.3) is 0 Å². The molecule has 0 aromatic carbocycles. The Kier molecular flexibility index (Phi) is 36.0. The lowest BCUT2D eigenvalue weighted by atomic mass is 9.89. The van der Waals surface area contributed by atoms with Gasteiger partial charge in [0.15, 0.2) is 0 Å². The monoisotopic (exact) mass is 549 g/mol. The molecule has 0 spiro atoms. The van der Waals surface area contributed by atoms with E-state index in [0.717, 1.165) is 5.92 Å². The Bertz CT molecular complexity index is 399. The fourth-order valence-corrected chi connectivity index (χ4v) is 6.55. The van der Waals surface area contributed by atoms with Gasteiger partial charge in [-0.25, -0.2) is 0 Å². The minimum Gasteiger partial charge on any atom is -0.0654 e. The van der Waals surface area contributed by atoms with E-state index in [2.05, 4.69) is 20.8 Å². The number of unbranched alkanes of at least 4 members (excludes halogenated alkanes) is 29. The predicted molar refractivity (Wildman–Crippen MR) is 182 cm³/mol. The number of hydrogen-bond acceptors (Lipinski definition) is 0. The van der Waals surface area contributed by atoms with Crippen LogP contribution in [-0.4, -0.2) is 0 Å². The number of rotatable bonds is 35. The maximum Gasteiger partial charge on any atom is -0.0414 e. The van der Waals surface area contributed by atoms with Crippen molar-refractivity contribution in [2.75, 3.05) is 0 Å². The normalized spacial score (nSPS) is 12.4. The van der Waals surface area contributed by atoms with E-state index >= 15 is 0 Å². The summed E-state index contributed by atoms with van der Waals surface area (Å²) in [6.07, 6.45) is 51.8. The van der Waals surface area contributed by atoms with E-state index in [9.17, 15) is 0 Å². The molecule has 236 valence electrons. The molecule has 0 saturated heterocycles. The second-order valence-electron chi connectivity index (χ2n) is 13.5. The highest BCUT2D eigenvalue weighted by Crippen LogP contribution is 2.24. The van der Waals surface area contributed by atoms with E-state index < -0.39 is 0 Å². The van der Waals surface area contributed by atoms with E-state index in [4.69, 9.17) is 0 Å². The zero-order chi connectivity index (χ0) is 28.3. The molecule has 0 heteroatoms. The molecule has 39 heavy (non-hydrogen) atoms. The molecule has 0 nitrogen and oxygen atoms in total. The molecule has 0 aliphatic rings. The Morgan fingerprint density at radius 2 is 0.359 bits per heavy atom. The SMILES string of the molecule is CCCCCCCCCCCCCCCCCC(CCCCC)CCCCCCCCCCCCCCCC. The van der Waals surface area contributed by atoms with E-state index in [1.807, 2.05) is 0 Å². The molecular formula is C39H80. The fraction of sp³-hybridized carbons (Fsp3) is 1.00. The highest BCUT2D eigenvalue weighted by atomic mass is 14.1. The topological polar surface area (TPSA) is 0 Å². The molecule has 0 heterocycles. The minimum atomic E-state index is 1.04. The lowest BCUT2D eigenvalue weighted by Crippen LogP contribution is -2.01. The van der Waals surface area contributed by atoms with Gasteiger partial charge < -0.3 is 0 Å². The Hall–Kier alpha value is 0. The van der Waals surface area contributed by atoms with Gasteiger partial charge in [-0.05, 0) is 5.92 Å². The Labute approximate surface area is 251 Å². The lowest BCUT2D eigenvalue weighted by Gasteiger charge is -2.17. The molecular weight excluding hydrogens is 468 g/mol. The maximum atomic E-state index is 2.36. The van der Waals surface area contributed by atoms with Crippen LogP contribution in [0.3, 0.4) is 0 Å². The summed E-state index contributed by atoms with van der Waals surface area (Å²) in [5.41, 5.74) is 0. The standard InChI is InChI=1S/C39H80/c1-4-7-10-12-14-16-18-20-22-24-26-28-30-32-35-38-39(36-33-9-6-3)37-34-31-29-27-25-23-21-19-17-15-13-11-8-5-2/h39H,4-38H2,1-3H3. The molecule has 1 unspecified atom stereocenters. The van der Waals surface area contributed by atoms with Gasteiger partial charge in [0.25, 0.3) is 0 Å². The van der Waals surface area contributed by atoms with Gasteiger partial charge in [0, 0.05) is 0 Å². The van der Waals surface area contributed by atoms with E-state index in [1.54, 1.807) is 0 Å². The van der Waals surface area contributed by atoms with Crippen molar-refractivity contribution >= 4 is 0 Å². The summed E-state index contributed by atoms with van der Waals surface area (Å²) in [4.78, 5) is 0. The van der Waals surface area contributed by atoms with Crippen molar-refractivity contribution < 1.29 is 0 Å². The van der Waals surface area contributed by atoms with Gasteiger partial charge in [-0.15, -0.1) is 0 Å². The zero-order valence-electron chi connectivity index (χ0n) is 28.3. The van der Waals surface area contributed by atoms with Gasteiger partial charge in [-0.3, -0.25) is 0 Å². The predicted octanol–water partition coefficient (Wildman–Crippen LogP) is 15.3. The molecule has 0 aliphatic heterocycles. The van der Waals surface area contributed by atoms with Gasteiger partial charge in [0.05, 0.1) is 0 Å². The Morgan fingerprint density at radius 1 is 0.205 bits per heavy atom. The van der Waals surface area contributed by atoms with E-state index in [1.165, 1.54) is 225 Å². The molecule has 0 N–H and O–H groups in total. The highest BCUT2D eigenvalue weighted by Gasteiger charge is 2.08. The molecule has 0 fully saturated rings. The lowest BCUT2D eigenvalue weighted by molar-refractivity contribution is 0.367. The highest BCUT2D eigenvalue weighted by molar-refractivity contribution is 4.62. The van der Waals surface area contributed by atoms with Gasteiger partial charge in [0.2, 0.25) is 0 Å². The average molecular weight is 549 g/mol. The van der Waals surface area contributed by atoms with Gasteiger partial charge in [-0.2, -0.15) is 0 Å². The third kappa shape index (κ3) is 34.1. The van der Waals surface area contributed by atoms with Crippen LogP contribution in [0.4, 0.5) is 0 Å².